The minimum atomic E-state index is -0.596. The van der Waals surface area contributed by atoms with E-state index < -0.39 is 6.04 Å². The van der Waals surface area contributed by atoms with Crippen LogP contribution in [-0.2, 0) is 20.9 Å². The summed E-state index contributed by atoms with van der Waals surface area (Å²) in [5.41, 5.74) is 0. The van der Waals surface area contributed by atoms with Crippen molar-refractivity contribution < 1.29 is 14.4 Å². The molecule has 0 aliphatic carbocycles. The van der Waals surface area contributed by atoms with Crippen molar-refractivity contribution in [3.8, 4) is 0 Å². The smallest absolute Gasteiger partial charge is 0.243 e. The van der Waals surface area contributed by atoms with Gasteiger partial charge in [-0.05, 0) is 32.6 Å². The van der Waals surface area contributed by atoms with Crippen LogP contribution >= 0.6 is 0 Å². The van der Waals surface area contributed by atoms with Gasteiger partial charge in [0.15, 0.2) is 0 Å². The lowest BCUT2D eigenvalue weighted by molar-refractivity contribution is -0.139. The summed E-state index contributed by atoms with van der Waals surface area (Å²) in [6, 6.07) is -0.912. The Bertz CT molecular complexity index is 745. The molecule has 9 heteroatoms. The second-order valence-electron chi connectivity index (χ2n) is 8.22. The summed E-state index contributed by atoms with van der Waals surface area (Å²) >= 11 is 0. The number of rotatable bonds is 2. The molecule has 1 aromatic rings. The number of nitrogens with zero attached hydrogens (tertiary/aromatic N) is 5. The molecule has 3 amide bonds. The highest BCUT2D eigenvalue weighted by atomic mass is 16.2. The highest BCUT2D eigenvalue weighted by Crippen LogP contribution is 2.21. The fraction of sp³-hybridized carbons (Fsp3) is 0.750. The molecule has 0 spiro atoms. The number of fused-ring (bicyclic) bond motifs is 1. The van der Waals surface area contributed by atoms with E-state index in [2.05, 4.69) is 29.2 Å². The molecule has 9 nitrogen and oxygen atoms in total. The maximum atomic E-state index is 12.9. The Balaban J connectivity index is 2.40. The number of hydrogen-bond acceptors (Lipinski definition) is 5. The van der Waals surface area contributed by atoms with Crippen molar-refractivity contribution in [1.29, 1.82) is 0 Å². The van der Waals surface area contributed by atoms with Gasteiger partial charge in [0.1, 0.15) is 17.7 Å². The summed E-state index contributed by atoms with van der Waals surface area (Å²) < 4.78 is 1.80. The summed E-state index contributed by atoms with van der Waals surface area (Å²) in [5, 5.41) is 7.57. The molecule has 1 aromatic heterocycles. The van der Waals surface area contributed by atoms with E-state index in [9.17, 15) is 14.4 Å². The zero-order chi connectivity index (χ0) is 21.7. The quantitative estimate of drug-likeness (QED) is 0.797. The third kappa shape index (κ3) is 6.01. The van der Waals surface area contributed by atoms with Gasteiger partial charge in [0.2, 0.25) is 17.7 Å². The van der Waals surface area contributed by atoms with E-state index >= 15 is 0 Å². The number of carbonyl (C=O) groups excluding carboxylic acids is 3. The van der Waals surface area contributed by atoms with Crippen LogP contribution in [0.2, 0.25) is 0 Å². The van der Waals surface area contributed by atoms with Gasteiger partial charge in [-0.2, -0.15) is 5.10 Å². The molecule has 1 aliphatic heterocycles. The Kier molecular flexibility index (Phi) is 7.75. The van der Waals surface area contributed by atoms with Crippen LogP contribution in [0.25, 0.3) is 0 Å². The first-order chi connectivity index (χ1) is 13.6. The molecule has 1 N–H and O–H groups in total. The normalized spacial score (nSPS) is 22.3. The van der Waals surface area contributed by atoms with Crippen LogP contribution in [0.5, 0.6) is 0 Å². The third-order valence-corrected chi connectivity index (χ3v) is 5.34. The van der Waals surface area contributed by atoms with Gasteiger partial charge in [-0.15, -0.1) is 0 Å². The molecule has 0 bridgehead atoms. The average molecular weight is 407 g/mol. The van der Waals surface area contributed by atoms with Gasteiger partial charge < -0.3 is 15.1 Å². The van der Waals surface area contributed by atoms with E-state index in [4.69, 9.17) is 0 Å². The minimum Gasteiger partial charge on any atom is -0.344 e. The van der Waals surface area contributed by atoms with Gasteiger partial charge >= 0.3 is 0 Å². The second-order valence-corrected chi connectivity index (χ2v) is 8.22. The lowest BCUT2D eigenvalue weighted by Gasteiger charge is -2.29. The van der Waals surface area contributed by atoms with Crippen LogP contribution in [0.4, 0.5) is 0 Å². The average Bonchev–Trinajstić information content (AvgIpc) is 3.01. The predicted molar refractivity (Wildman–Crippen MR) is 109 cm³/mol. The molecule has 0 aromatic carbocycles. The first kappa shape index (κ1) is 22.8. The Labute approximate surface area is 172 Å². The fourth-order valence-corrected chi connectivity index (χ4v) is 3.52. The minimum absolute atomic E-state index is 0.0308. The number of likely N-dealkylation sites (N-methyl/N-ethyl adjacent to an activating group) is 1. The molecular formula is C20H34N6O3. The largest absolute Gasteiger partial charge is 0.344 e. The summed E-state index contributed by atoms with van der Waals surface area (Å²) in [6.07, 6.45) is 1.54. The SMILES string of the molecule is CC(=O)N1CCCC(=O)N(C)[C@@H](C)C(=O)N[C@H](CC(C)C)c2nc(C)nn2CC1. The lowest BCUT2D eigenvalue weighted by Crippen LogP contribution is -2.47. The van der Waals surface area contributed by atoms with Crippen molar-refractivity contribution in [3.63, 3.8) is 0 Å². The maximum absolute atomic E-state index is 12.9. The molecule has 1 aliphatic rings. The first-order valence-corrected chi connectivity index (χ1v) is 10.3. The van der Waals surface area contributed by atoms with E-state index in [1.165, 1.54) is 11.8 Å². The first-order valence-electron chi connectivity index (χ1n) is 10.3. The van der Waals surface area contributed by atoms with E-state index in [0.29, 0.717) is 56.5 Å². The molecule has 0 unspecified atom stereocenters. The highest BCUT2D eigenvalue weighted by Gasteiger charge is 2.28. The molecular weight excluding hydrogens is 372 g/mol. The van der Waals surface area contributed by atoms with Crippen LogP contribution in [0, 0.1) is 12.8 Å². The van der Waals surface area contributed by atoms with E-state index in [-0.39, 0.29) is 23.8 Å². The molecule has 0 fully saturated rings. The van der Waals surface area contributed by atoms with Gasteiger partial charge in [-0.1, -0.05) is 13.8 Å². The molecule has 0 saturated carbocycles. The lowest BCUT2D eigenvalue weighted by atomic mass is 10.0. The number of amides is 3. The standard InChI is InChI=1S/C20H34N6O3/c1-13(2)12-17-19-21-15(4)23-26(19)11-10-25(16(5)27)9-7-8-18(28)24(6)14(3)20(29)22-17/h13-14,17H,7-12H2,1-6H3,(H,22,29)/t14-,17+/m0/s1. The number of nitrogens with one attached hydrogen (secondary N) is 1. The predicted octanol–water partition coefficient (Wildman–Crippen LogP) is 1.28. The van der Waals surface area contributed by atoms with Crippen molar-refractivity contribution in [2.45, 2.75) is 72.5 Å². The summed E-state index contributed by atoms with van der Waals surface area (Å²) in [6.45, 7) is 10.7. The number of hydrogen-bond donors (Lipinski definition) is 1. The van der Waals surface area contributed by atoms with E-state index in [1.807, 2.05) is 6.92 Å². The summed E-state index contributed by atoms with van der Waals surface area (Å²) in [7, 11) is 1.64. The summed E-state index contributed by atoms with van der Waals surface area (Å²) in [5.74, 6) is 1.30. The molecule has 162 valence electrons. The monoisotopic (exact) mass is 406 g/mol. The van der Waals surface area contributed by atoms with Crippen LogP contribution in [0.3, 0.4) is 0 Å². The molecule has 2 heterocycles. The van der Waals surface area contributed by atoms with Gasteiger partial charge in [0.25, 0.3) is 0 Å². The van der Waals surface area contributed by atoms with Crippen molar-refractivity contribution in [2.24, 2.45) is 5.92 Å². The van der Waals surface area contributed by atoms with E-state index in [1.54, 1.807) is 23.6 Å². The molecule has 2 atom stereocenters. The second kappa shape index (κ2) is 9.84. The zero-order valence-electron chi connectivity index (χ0n) is 18.4. The van der Waals surface area contributed by atoms with Crippen LogP contribution in [0.15, 0.2) is 0 Å². The highest BCUT2D eigenvalue weighted by molar-refractivity contribution is 5.87. The Morgan fingerprint density at radius 2 is 1.93 bits per heavy atom. The van der Waals surface area contributed by atoms with Crippen molar-refractivity contribution >= 4 is 17.7 Å². The van der Waals surface area contributed by atoms with Crippen molar-refractivity contribution in [2.75, 3.05) is 20.1 Å². The Hall–Kier alpha value is -2.45. The zero-order valence-corrected chi connectivity index (χ0v) is 18.4. The molecule has 29 heavy (non-hydrogen) atoms. The van der Waals surface area contributed by atoms with Gasteiger partial charge in [-0.3, -0.25) is 14.4 Å². The molecule has 0 radical (unpaired) electrons. The number of aromatic nitrogens is 3. The van der Waals surface area contributed by atoms with Gasteiger partial charge in [0.05, 0.1) is 12.6 Å². The van der Waals surface area contributed by atoms with Gasteiger partial charge in [0, 0.05) is 33.5 Å². The summed E-state index contributed by atoms with van der Waals surface area (Å²) in [4.78, 5) is 45.2. The molecule has 0 saturated heterocycles. The van der Waals surface area contributed by atoms with Crippen LogP contribution < -0.4 is 5.32 Å². The topological polar surface area (TPSA) is 100 Å². The van der Waals surface area contributed by atoms with Crippen LogP contribution in [-0.4, -0.2) is 68.5 Å². The Morgan fingerprint density at radius 3 is 2.55 bits per heavy atom. The molecule has 2 rings (SSSR count). The maximum Gasteiger partial charge on any atom is 0.243 e. The third-order valence-electron chi connectivity index (χ3n) is 5.34. The van der Waals surface area contributed by atoms with Gasteiger partial charge in [-0.25, -0.2) is 9.67 Å². The van der Waals surface area contributed by atoms with Crippen molar-refractivity contribution in [1.82, 2.24) is 29.9 Å². The van der Waals surface area contributed by atoms with E-state index in [0.717, 1.165) is 0 Å². The Morgan fingerprint density at radius 1 is 1.24 bits per heavy atom. The van der Waals surface area contributed by atoms with Crippen molar-refractivity contribution in [3.05, 3.63) is 11.6 Å². The van der Waals surface area contributed by atoms with Crippen LogP contribution in [0.1, 0.15) is 64.6 Å². The fourth-order valence-electron chi connectivity index (χ4n) is 3.52. The number of carbonyl (C=O) groups is 3. The number of aryl methyl sites for hydroxylation is 1.